The van der Waals surface area contributed by atoms with Gasteiger partial charge < -0.3 is 19.9 Å². The molecule has 3 atom stereocenters. The molecule has 0 bridgehead atoms. The maximum atomic E-state index is 12.9. The van der Waals surface area contributed by atoms with Gasteiger partial charge in [0.15, 0.2) is 0 Å². The van der Waals surface area contributed by atoms with Gasteiger partial charge in [-0.25, -0.2) is 4.98 Å². The predicted octanol–water partition coefficient (Wildman–Crippen LogP) is 3.47. The van der Waals surface area contributed by atoms with Crippen LogP contribution in [0.5, 0.6) is 0 Å². The highest BCUT2D eigenvalue weighted by Gasteiger charge is 2.30. The fourth-order valence-corrected chi connectivity index (χ4v) is 5.40. The van der Waals surface area contributed by atoms with Crippen molar-refractivity contribution in [3.05, 3.63) is 23.9 Å². The Labute approximate surface area is 181 Å². The Hall–Kier alpha value is -1.66. The number of nitrogens with one attached hydrogen (secondary N) is 1. The number of carbonyl (C=O) groups is 1. The van der Waals surface area contributed by atoms with Crippen LogP contribution in [0, 0.1) is 5.92 Å². The molecule has 3 fully saturated rings. The van der Waals surface area contributed by atoms with Gasteiger partial charge in [0.1, 0.15) is 5.82 Å². The van der Waals surface area contributed by atoms with Crippen molar-refractivity contribution in [1.82, 2.24) is 15.2 Å². The lowest BCUT2D eigenvalue weighted by atomic mass is 9.83. The molecule has 0 unspecified atom stereocenters. The average Bonchev–Trinajstić information content (AvgIpc) is 3.31. The van der Waals surface area contributed by atoms with Crippen molar-refractivity contribution in [3.8, 4) is 0 Å². The second-order valence-electron chi connectivity index (χ2n) is 9.20. The number of hydrogen-bond donors (Lipinski definition) is 1. The van der Waals surface area contributed by atoms with E-state index in [1.807, 2.05) is 12.1 Å². The molecule has 0 aromatic carbocycles. The van der Waals surface area contributed by atoms with Crippen LogP contribution in [0.2, 0.25) is 0 Å². The van der Waals surface area contributed by atoms with E-state index in [0.29, 0.717) is 17.6 Å². The van der Waals surface area contributed by atoms with Crippen LogP contribution in [0.25, 0.3) is 0 Å². The zero-order chi connectivity index (χ0) is 20.8. The van der Waals surface area contributed by atoms with Gasteiger partial charge in [0, 0.05) is 45.0 Å². The number of pyridine rings is 1. The zero-order valence-electron chi connectivity index (χ0n) is 18.5. The monoisotopic (exact) mass is 414 g/mol. The second kappa shape index (κ2) is 10.6. The van der Waals surface area contributed by atoms with Crippen molar-refractivity contribution in [1.29, 1.82) is 0 Å². The van der Waals surface area contributed by atoms with Crippen molar-refractivity contribution >= 4 is 11.7 Å². The maximum absolute atomic E-state index is 12.9. The summed E-state index contributed by atoms with van der Waals surface area (Å²) in [5, 5.41) is 3.35. The molecule has 6 heteroatoms. The minimum atomic E-state index is 0.0261. The van der Waals surface area contributed by atoms with Crippen molar-refractivity contribution in [3.63, 3.8) is 0 Å². The van der Waals surface area contributed by atoms with Crippen molar-refractivity contribution < 1.29 is 9.53 Å². The number of rotatable bonds is 7. The highest BCUT2D eigenvalue weighted by Crippen LogP contribution is 2.27. The van der Waals surface area contributed by atoms with Crippen LogP contribution in [-0.2, 0) is 4.74 Å². The van der Waals surface area contributed by atoms with Gasteiger partial charge in [-0.15, -0.1) is 0 Å². The molecule has 1 saturated carbocycles. The lowest BCUT2D eigenvalue weighted by Gasteiger charge is -2.39. The Morgan fingerprint density at radius 1 is 1.10 bits per heavy atom. The molecular formula is C24H38N4O2. The van der Waals surface area contributed by atoms with Gasteiger partial charge in [-0.2, -0.15) is 0 Å². The number of piperidine rings is 1. The summed E-state index contributed by atoms with van der Waals surface area (Å²) in [6.07, 6.45) is 11.7. The Balaban J connectivity index is 1.33. The van der Waals surface area contributed by atoms with Crippen molar-refractivity contribution in [2.24, 2.45) is 5.92 Å². The van der Waals surface area contributed by atoms with Crippen LogP contribution in [0.15, 0.2) is 18.3 Å². The number of hydrogen-bond acceptors (Lipinski definition) is 5. The van der Waals surface area contributed by atoms with E-state index in [0.717, 1.165) is 51.6 Å². The van der Waals surface area contributed by atoms with Crippen molar-refractivity contribution in [2.45, 2.75) is 70.4 Å². The Kier molecular flexibility index (Phi) is 7.61. The van der Waals surface area contributed by atoms with Gasteiger partial charge in [0.2, 0.25) is 0 Å². The van der Waals surface area contributed by atoms with Crippen LogP contribution >= 0.6 is 0 Å². The molecule has 0 radical (unpaired) electrons. The Bertz CT molecular complexity index is 672. The number of ether oxygens (including phenoxy) is 1. The minimum Gasteiger partial charge on any atom is -0.377 e. The van der Waals surface area contributed by atoms with Gasteiger partial charge in [0.25, 0.3) is 5.91 Å². The molecule has 3 aliphatic rings. The fourth-order valence-electron chi connectivity index (χ4n) is 5.40. The van der Waals surface area contributed by atoms with Gasteiger partial charge in [-0.3, -0.25) is 4.79 Å². The summed E-state index contributed by atoms with van der Waals surface area (Å²) in [6.45, 7) is 8.28. The van der Waals surface area contributed by atoms with Gasteiger partial charge in [-0.1, -0.05) is 12.8 Å². The summed E-state index contributed by atoms with van der Waals surface area (Å²) < 4.78 is 5.88. The first-order chi connectivity index (χ1) is 14.7. The van der Waals surface area contributed by atoms with E-state index in [9.17, 15) is 4.79 Å². The topological polar surface area (TPSA) is 57.7 Å². The van der Waals surface area contributed by atoms with Crippen molar-refractivity contribution in [2.75, 3.05) is 44.2 Å². The molecule has 1 aliphatic carbocycles. The normalized spacial score (nSPS) is 27.9. The summed E-state index contributed by atoms with van der Waals surface area (Å²) in [4.78, 5) is 22.3. The van der Waals surface area contributed by atoms with E-state index >= 15 is 0 Å². The molecule has 1 N–H and O–H groups in total. The first kappa shape index (κ1) is 21.6. The number of aromatic nitrogens is 1. The van der Waals surface area contributed by atoms with E-state index in [2.05, 4.69) is 27.0 Å². The summed E-state index contributed by atoms with van der Waals surface area (Å²) in [7, 11) is 0. The second-order valence-corrected chi connectivity index (χ2v) is 9.20. The Morgan fingerprint density at radius 3 is 2.70 bits per heavy atom. The molecule has 1 amide bonds. The number of likely N-dealkylation sites (tertiary alicyclic amines) is 1. The molecule has 3 heterocycles. The lowest BCUT2D eigenvalue weighted by molar-refractivity contribution is -0.00150. The SMILES string of the molecule is CCO[C@@H]1CCCN(C[C@H]2CCCC[C@@H]2NC(=O)c2ccc(N3CCCC3)nc2)C1. The van der Waals surface area contributed by atoms with Crippen LogP contribution in [0.3, 0.4) is 0 Å². The third-order valence-corrected chi connectivity index (χ3v) is 7.02. The summed E-state index contributed by atoms with van der Waals surface area (Å²) in [5.41, 5.74) is 0.677. The van der Waals surface area contributed by atoms with E-state index in [1.165, 1.54) is 44.9 Å². The minimum absolute atomic E-state index is 0.0261. The smallest absolute Gasteiger partial charge is 0.253 e. The Morgan fingerprint density at radius 2 is 1.93 bits per heavy atom. The van der Waals surface area contributed by atoms with E-state index in [4.69, 9.17) is 4.74 Å². The quantitative estimate of drug-likeness (QED) is 0.740. The number of anilines is 1. The van der Waals surface area contributed by atoms with Crippen LogP contribution < -0.4 is 10.2 Å². The lowest BCUT2D eigenvalue weighted by Crippen LogP contribution is -2.49. The molecule has 1 aromatic heterocycles. The molecule has 6 nitrogen and oxygen atoms in total. The largest absolute Gasteiger partial charge is 0.377 e. The van der Waals surface area contributed by atoms with E-state index < -0.39 is 0 Å². The third-order valence-electron chi connectivity index (χ3n) is 7.02. The first-order valence-corrected chi connectivity index (χ1v) is 12.1. The molecular weight excluding hydrogens is 376 g/mol. The molecule has 0 spiro atoms. The van der Waals surface area contributed by atoms with E-state index in [-0.39, 0.29) is 11.9 Å². The molecule has 166 valence electrons. The molecule has 30 heavy (non-hydrogen) atoms. The third kappa shape index (κ3) is 5.52. The number of nitrogens with zero attached hydrogens (tertiary/aromatic N) is 3. The fraction of sp³-hybridized carbons (Fsp3) is 0.750. The van der Waals surface area contributed by atoms with E-state index in [1.54, 1.807) is 6.20 Å². The highest BCUT2D eigenvalue weighted by atomic mass is 16.5. The van der Waals surface area contributed by atoms with Gasteiger partial charge in [0.05, 0.1) is 11.7 Å². The summed E-state index contributed by atoms with van der Waals surface area (Å²) in [6, 6.07) is 4.20. The zero-order valence-corrected chi connectivity index (χ0v) is 18.5. The summed E-state index contributed by atoms with van der Waals surface area (Å²) >= 11 is 0. The number of amides is 1. The molecule has 2 aliphatic heterocycles. The maximum Gasteiger partial charge on any atom is 0.253 e. The van der Waals surface area contributed by atoms with Gasteiger partial charge >= 0.3 is 0 Å². The molecule has 1 aromatic rings. The average molecular weight is 415 g/mol. The summed E-state index contributed by atoms with van der Waals surface area (Å²) in [5.74, 6) is 1.55. The van der Waals surface area contributed by atoms with Crippen LogP contribution in [-0.4, -0.2) is 67.3 Å². The number of carbonyl (C=O) groups excluding carboxylic acids is 1. The molecule has 2 saturated heterocycles. The van der Waals surface area contributed by atoms with Crippen LogP contribution in [0.4, 0.5) is 5.82 Å². The highest BCUT2D eigenvalue weighted by molar-refractivity contribution is 5.94. The van der Waals surface area contributed by atoms with Crippen LogP contribution in [0.1, 0.15) is 68.6 Å². The van der Waals surface area contributed by atoms with Gasteiger partial charge in [-0.05, 0) is 70.0 Å². The predicted molar refractivity (Wildman–Crippen MR) is 120 cm³/mol. The standard InChI is InChI=1S/C24H38N4O2/c1-2-30-21-9-7-13-27(18-21)17-20-8-3-4-10-22(20)26-24(29)19-11-12-23(25-16-19)28-14-5-6-15-28/h11-12,16,20-22H,2-10,13-15,17-18H2,1H3,(H,26,29)/t20-,21-,22+/m1/s1. The molecule has 4 rings (SSSR count). The first-order valence-electron chi connectivity index (χ1n) is 12.1.